The molecule has 1 fully saturated rings. The molecule has 0 aromatic carbocycles. The molecule has 0 amide bonds. The lowest BCUT2D eigenvalue weighted by atomic mass is 9.77. The lowest BCUT2D eigenvalue weighted by Crippen LogP contribution is -2.53. The average molecular weight is 227 g/mol. The average Bonchev–Trinajstić information content (AvgIpc) is 2.20. The molecular formula is C13H25NO2. The third-order valence-electron chi connectivity index (χ3n) is 3.91. The van der Waals surface area contributed by atoms with Gasteiger partial charge in [0, 0.05) is 12.1 Å². The number of hydrogen-bond acceptors (Lipinski definition) is 2. The van der Waals surface area contributed by atoms with Gasteiger partial charge >= 0.3 is 5.97 Å². The van der Waals surface area contributed by atoms with Crippen molar-refractivity contribution in [3.63, 3.8) is 0 Å². The number of hydrogen-bond donors (Lipinski definition) is 1. The maximum atomic E-state index is 11.1. The highest BCUT2D eigenvalue weighted by atomic mass is 16.4. The number of carboxylic acid groups (broad SMARTS) is 1. The summed E-state index contributed by atoms with van der Waals surface area (Å²) in [6.07, 6.45) is 5.38. The summed E-state index contributed by atoms with van der Waals surface area (Å²) in [6, 6.07) is 0.803. The van der Waals surface area contributed by atoms with Gasteiger partial charge in [-0.15, -0.1) is 0 Å². The first-order chi connectivity index (χ1) is 7.61. The molecule has 0 bridgehead atoms. The van der Waals surface area contributed by atoms with Crippen LogP contribution in [0.1, 0.15) is 52.9 Å². The number of carbonyl (C=O) groups is 1. The van der Waals surface area contributed by atoms with Crippen LogP contribution in [0.15, 0.2) is 0 Å². The highest BCUT2D eigenvalue weighted by Gasteiger charge is 2.41. The molecule has 3 atom stereocenters. The van der Waals surface area contributed by atoms with Gasteiger partial charge in [0.2, 0.25) is 0 Å². The first-order valence-corrected chi connectivity index (χ1v) is 6.60. The Bertz CT molecular complexity index is 230. The Morgan fingerprint density at radius 1 is 1.44 bits per heavy atom. The van der Waals surface area contributed by atoms with E-state index in [1.54, 1.807) is 0 Å². The van der Waals surface area contributed by atoms with Crippen LogP contribution in [-0.2, 0) is 4.79 Å². The second kappa shape index (κ2) is 6.24. The van der Waals surface area contributed by atoms with E-state index in [0.717, 1.165) is 25.8 Å². The maximum absolute atomic E-state index is 11.1. The molecule has 0 aromatic rings. The lowest BCUT2D eigenvalue weighted by Gasteiger charge is -2.45. The zero-order valence-corrected chi connectivity index (χ0v) is 10.8. The minimum absolute atomic E-state index is 0.120. The molecule has 0 spiro atoms. The summed E-state index contributed by atoms with van der Waals surface area (Å²) in [6.45, 7) is 7.63. The molecule has 0 heterocycles. The summed E-state index contributed by atoms with van der Waals surface area (Å²) in [5.41, 5.74) is 0. The summed E-state index contributed by atoms with van der Waals surface area (Å²) in [5, 5.41) is 9.11. The molecule has 1 saturated carbocycles. The second-order valence-electron chi connectivity index (χ2n) is 4.94. The van der Waals surface area contributed by atoms with Crippen LogP contribution in [0.25, 0.3) is 0 Å². The highest BCUT2D eigenvalue weighted by molar-refractivity contribution is 5.72. The van der Waals surface area contributed by atoms with E-state index in [4.69, 9.17) is 5.11 Å². The monoisotopic (exact) mass is 227 g/mol. The molecule has 1 N–H and O–H groups in total. The minimum Gasteiger partial charge on any atom is -0.481 e. The molecule has 94 valence electrons. The maximum Gasteiger partial charge on any atom is 0.308 e. The van der Waals surface area contributed by atoms with Gasteiger partial charge in [0.1, 0.15) is 0 Å². The van der Waals surface area contributed by atoms with Gasteiger partial charge in [0.25, 0.3) is 0 Å². The van der Waals surface area contributed by atoms with Gasteiger partial charge in [0.15, 0.2) is 0 Å². The molecule has 0 aliphatic heterocycles. The van der Waals surface area contributed by atoms with E-state index < -0.39 is 5.97 Å². The molecule has 0 radical (unpaired) electrons. The van der Waals surface area contributed by atoms with E-state index in [1.807, 2.05) is 0 Å². The van der Waals surface area contributed by atoms with E-state index >= 15 is 0 Å². The Labute approximate surface area is 98.8 Å². The van der Waals surface area contributed by atoms with Crippen molar-refractivity contribution in [3.8, 4) is 0 Å². The first kappa shape index (κ1) is 13.5. The smallest absolute Gasteiger partial charge is 0.308 e. The van der Waals surface area contributed by atoms with Gasteiger partial charge in [-0.2, -0.15) is 0 Å². The highest BCUT2D eigenvalue weighted by Crippen LogP contribution is 2.34. The number of carboxylic acids is 1. The molecule has 3 heteroatoms. The van der Waals surface area contributed by atoms with Gasteiger partial charge in [-0.25, -0.2) is 0 Å². The van der Waals surface area contributed by atoms with Crippen molar-refractivity contribution >= 4 is 5.97 Å². The molecule has 1 aliphatic carbocycles. The Morgan fingerprint density at radius 2 is 2.12 bits per heavy atom. The fraction of sp³-hybridized carbons (Fsp3) is 0.923. The zero-order valence-electron chi connectivity index (χ0n) is 10.8. The molecule has 3 unspecified atom stereocenters. The molecule has 0 aromatic heterocycles. The number of nitrogens with zero attached hydrogens (tertiary/aromatic N) is 1. The molecular weight excluding hydrogens is 202 g/mol. The van der Waals surface area contributed by atoms with Gasteiger partial charge in [-0.3, -0.25) is 9.69 Å². The van der Waals surface area contributed by atoms with Crippen LogP contribution >= 0.6 is 0 Å². The van der Waals surface area contributed by atoms with Gasteiger partial charge in [0.05, 0.1) is 5.92 Å². The van der Waals surface area contributed by atoms with Crippen LogP contribution in [0.3, 0.4) is 0 Å². The predicted octanol–water partition coefficient (Wildman–Crippen LogP) is 2.75. The van der Waals surface area contributed by atoms with Crippen LogP contribution in [0.2, 0.25) is 0 Å². The quantitative estimate of drug-likeness (QED) is 0.727. The summed E-state index contributed by atoms with van der Waals surface area (Å²) < 4.78 is 0. The van der Waals surface area contributed by atoms with Crippen molar-refractivity contribution in [1.82, 2.24) is 4.90 Å². The normalized spacial score (nSPS) is 26.5. The van der Waals surface area contributed by atoms with Crippen molar-refractivity contribution < 1.29 is 9.90 Å². The zero-order chi connectivity index (χ0) is 12.1. The van der Waals surface area contributed by atoms with Gasteiger partial charge in [-0.1, -0.05) is 20.3 Å². The fourth-order valence-electron chi connectivity index (χ4n) is 2.46. The lowest BCUT2D eigenvalue weighted by molar-refractivity contribution is -0.149. The molecule has 1 aliphatic rings. The number of aliphatic carboxylic acids is 1. The van der Waals surface area contributed by atoms with E-state index in [2.05, 4.69) is 25.7 Å². The largest absolute Gasteiger partial charge is 0.481 e. The Hall–Kier alpha value is -0.570. The summed E-state index contributed by atoms with van der Waals surface area (Å²) in [7, 11) is 0. The van der Waals surface area contributed by atoms with Crippen LogP contribution in [0, 0.1) is 5.92 Å². The Kier molecular flexibility index (Phi) is 5.26. The predicted molar refractivity (Wildman–Crippen MR) is 65.5 cm³/mol. The van der Waals surface area contributed by atoms with Crippen molar-refractivity contribution in [2.75, 3.05) is 6.54 Å². The summed E-state index contributed by atoms with van der Waals surface area (Å²) in [4.78, 5) is 13.5. The van der Waals surface area contributed by atoms with Gasteiger partial charge in [-0.05, 0) is 39.2 Å². The topological polar surface area (TPSA) is 40.5 Å². The standard InChI is InChI=1S/C13H25NO2/c1-4-6-9-14(10(3)5-2)12-8-7-11(12)13(15)16/h10-12H,4-9H2,1-3H3,(H,15,16). The molecule has 16 heavy (non-hydrogen) atoms. The Morgan fingerprint density at radius 3 is 2.50 bits per heavy atom. The molecule has 1 rings (SSSR count). The fourth-order valence-corrected chi connectivity index (χ4v) is 2.46. The Balaban J connectivity index is 2.57. The number of unbranched alkanes of at least 4 members (excludes halogenated alkanes) is 1. The van der Waals surface area contributed by atoms with E-state index in [0.29, 0.717) is 12.1 Å². The summed E-state index contributed by atoms with van der Waals surface area (Å²) >= 11 is 0. The van der Waals surface area contributed by atoms with Crippen LogP contribution in [0.5, 0.6) is 0 Å². The second-order valence-corrected chi connectivity index (χ2v) is 4.94. The van der Waals surface area contributed by atoms with E-state index in [-0.39, 0.29) is 5.92 Å². The minimum atomic E-state index is -0.610. The molecule has 0 saturated heterocycles. The van der Waals surface area contributed by atoms with E-state index in [1.165, 1.54) is 12.8 Å². The number of rotatable bonds is 7. The third kappa shape index (κ3) is 2.97. The van der Waals surface area contributed by atoms with Crippen LogP contribution < -0.4 is 0 Å². The van der Waals surface area contributed by atoms with E-state index in [9.17, 15) is 4.79 Å². The van der Waals surface area contributed by atoms with Crippen LogP contribution in [0.4, 0.5) is 0 Å². The van der Waals surface area contributed by atoms with Crippen LogP contribution in [-0.4, -0.2) is 34.6 Å². The van der Waals surface area contributed by atoms with Crippen molar-refractivity contribution in [1.29, 1.82) is 0 Å². The van der Waals surface area contributed by atoms with Crippen molar-refractivity contribution in [2.45, 2.75) is 65.0 Å². The summed E-state index contributed by atoms with van der Waals surface area (Å²) in [5.74, 6) is -0.730. The molecule has 3 nitrogen and oxygen atoms in total. The van der Waals surface area contributed by atoms with Crippen molar-refractivity contribution in [3.05, 3.63) is 0 Å². The third-order valence-corrected chi connectivity index (χ3v) is 3.91. The van der Waals surface area contributed by atoms with Crippen molar-refractivity contribution in [2.24, 2.45) is 5.92 Å². The SMILES string of the molecule is CCCCN(C(C)CC)C1CCC1C(=O)O. The first-order valence-electron chi connectivity index (χ1n) is 6.60. The van der Waals surface area contributed by atoms with Gasteiger partial charge < -0.3 is 5.11 Å².